The van der Waals surface area contributed by atoms with Crippen molar-refractivity contribution < 1.29 is 15.0 Å². The topological polar surface area (TPSA) is 69.6 Å². The smallest absolute Gasteiger partial charge is 0.323 e. The molecule has 0 unspecified atom stereocenters. The van der Waals surface area contributed by atoms with Crippen molar-refractivity contribution in [2.75, 3.05) is 13.2 Å². The summed E-state index contributed by atoms with van der Waals surface area (Å²) < 4.78 is 0. The quantitative estimate of drug-likeness (QED) is 0.702. The number of aliphatic hydroxyl groups excluding tert-OH is 1. The largest absolute Gasteiger partial charge is 0.480 e. The van der Waals surface area contributed by atoms with E-state index in [0.717, 1.165) is 12.8 Å². The number of hydrogen-bond donors (Lipinski definition) is 3. The summed E-state index contributed by atoms with van der Waals surface area (Å²) in [6, 6.07) is 0. The summed E-state index contributed by atoms with van der Waals surface area (Å²) in [6.07, 6.45) is 3.19. The molecule has 0 radical (unpaired) electrons. The minimum absolute atomic E-state index is 0.0161. The van der Waals surface area contributed by atoms with Crippen molar-refractivity contribution in [3.63, 3.8) is 0 Å². The normalized spacial score (nSPS) is 30.2. The molecule has 0 bridgehead atoms. The molecule has 4 nitrogen and oxygen atoms in total. The van der Waals surface area contributed by atoms with E-state index in [2.05, 4.69) is 26.1 Å². The first-order valence-corrected chi connectivity index (χ1v) is 6.41. The maximum atomic E-state index is 11.4. The molecule has 4 heteroatoms. The molecule has 0 aliphatic heterocycles. The van der Waals surface area contributed by atoms with Gasteiger partial charge in [-0.2, -0.15) is 0 Å². The Morgan fingerprint density at radius 3 is 2.24 bits per heavy atom. The molecule has 1 rings (SSSR count). The van der Waals surface area contributed by atoms with Crippen molar-refractivity contribution in [2.45, 2.75) is 52.0 Å². The van der Waals surface area contributed by atoms with Crippen LogP contribution in [0.2, 0.25) is 0 Å². The van der Waals surface area contributed by atoms with Gasteiger partial charge >= 0.3 is 5.97 Å². The molecule has 0 heterocycles. The Hall–Kier alpha value is -0.610. The number of aliphatic hydroxyl groups is 1. The Morgan fingerprint density at radius 1 is 1.35 bits per heavy atom. The van der Waals surface area contributed by atoms with E-state index in [1.54, 1.807) is 0 Å². The second-order valence-corrected chi connectivity index (χ2v) is 6.18. The molecular weight excluding hydrogens is 218 g/mol. The average molecular weight is 243 g/mol. The van der Waals surface area contributed by atoms with Gasteiger partial charge in [-0.25, -0.2) is 0 Å². The van der Waals surface area contributed by atoms with Gasteiger partial charge in [-0.15, -0.1) is 0 Å². The third-order valence-corrected chi connectivity index (χ3v) is 4.05. The lowest BCUT2D eigenvalue weighted by Gasteiger charge is -2.42. The monoisotopic (exact) mass is 243 g/mol. The van der Waals surface area contributed by atoms with Crippen LogP contribution in [0.25, 0.3) is 0 Å². The Labute approximate surface area is 103 Å². The summed E-state index contributed by atoms with van der Waals surface area (Å²) in [6.45, 7) is 6.98. The zero-order chi connectivity index (χ0) is 13.1. The van der Waals surface area contributed by atoms with Gasteiger partial charge in [0.15, 0.2) is 0 Å². The maximum Gasteiger partial charge on any atom is 0.323 e. The van der Waals surface area contributed by atoms with Crippen LogP contribution in [-0.2, 0) is 4.79 Å². The summed E-state index contributed by atoms with van der Waals surface area (Å²) in [5.74, 6) is -0.191. The molecule has 0 spiro atoms. The van der Waals surface area contributed by atoms with Crippen LogP contribution in [0.3, 0.4) is 0 Å². The third kappa shape index (κ3) is 3.42. The van der Waals surface area contributed by atoms with E-state index in [0.29, 0.717) is 25.3 Å². The van der Waals surface area contributed by atoms with E-state index < -0.39 is 11.5 Å². The summed E-state index contributed by atoms with van der Waals surface area (Å²) >= 11 is 0. The highest BCUT2D eigenvalue weighted by atomic mass is 16.4. The second kappa shape index (κ2) is 5.36. The first-order valence-electron chi connectivity index (χ1n) is 6.41. The number of hydrogen-bond acceptors (Lipinski definition) is 3. The summed E-state index contributed by atoms with van der Waals surface area (Å²) in [5.41, 5.74) is -0.563. The van der Waals surface area contributed by atoms with Crippen LogP contribution < -0.4 is 5.32 Å². The van der Waals surface area contributed by atoms with Gasteiger partial charge in [0, 0.05) is 6.54 Å². The number of aliphatic carboxylic acids is 1. The fraction of sp³-hybridized carbons (Fsp3) is 0.923. The van der Waals surface area contributed by atoms with Crippen LogP contribution in [0, 0.1) is 11.3 Å². The van der Waals surface area contributed by atoms with E-state index in [-0.39, 0.29) is 12.0 Å². The highest BCUT2D eigenvalue weighted by Gasteiger charge is 2.43. The minimum Gasteiger partial charge on any atom is -0.480 e. The van der Waals surface area contributed by atoms with Gasteiger partial charge in [0.25, 0.3) is 0 Å². The lowest BCUT2D eigenvalue weighted by Crippen LogP contribution is -2.55. The number of carboxylic acids is 1. The summed E-state index contributed by atoms with van der Waals surface area (Å²) in [7, 11) is 0. The van der Waals surface area contributed by atoms with Crippen molar-refractivity contribution in [1.82, 2.24) is 5.32 Å². The SMILES string of the molecule is CC(C)(C)C1CCC(NCCO)(C(=O)O)CC1. The Kier molecular flexibility index (Phi) is 4.55. The maximum absolute atomic E-state index is 11.4. The molecule has 0 atom stereocenters. The van der Waals surface area contributed by atoms with Crippen LogP contribution in [0.4, 0.5) is 0 Å². The number of carboxylic acid groups (broad SMARTS) is 1. The van der Waals surface area contributed by atoms with Gasteiger partial charge in [0.05, 0.1) is 6.61 Å². The van der Waals surface area contributed by atoms with Crippen molar-refractivity contribution >= 4 is 5.97 Å². The molecule has 100 valence electrons. The highest BCUT2D eigenvalue weighted by Crippen LogP contribution is 2.41. The molecular formula is C13H25NO3. The molecule has 1 aliphatic rings. The molecule has 0 aromatic carbocycles. The van der Waals surface area contributed by atoms with Crippen molar-refractivity contribution in [2.24, 2.45) is 11.3 Å². The van der Waals surface area contributed by atoms with Crippen LogP contribution in [0.1, 0.15) is 46.5 Å². The van der Waals surface area contributed by atoms with E-state index in [1.165, 1.54) is 0 Å². The molecule has 0 aromatic heterocycles. The Balaban J connectivity index is 2.64. The highest BCUT2D eigenvalue weighted by molar-refractivity contribution is 5.78. The molecule has 1 fully saturated rings. The lowest BCUT2D eigenvalue weighted by atomic mass is 9.67. The fourth-order valence-corrected chi connectivity index (χ4v) is 2.74. The van der Waals surface area contributed by atoms with Gasteiger partial charge in [0.2, 0.25) is 0 Å². The minimum atomic E-state index is -0.815. The van der Waals surface area contributed by atoms with Crippen molar-refractivity contribution in [1.29, 1.82) is 0 Å². The van der Waals surface area contributed by atoms with Gasteiger partial charge in [-0.1, -0.05) is 20.8 Å². The van der Waals surface area contributed by atoms with Gasteiger partial charge in [-0.05, 0) is 37.0 Å². The molecule has 0 aromatic rings. The standard InChI is InChI=1S/C13H25NO3/c1-12(2,3)10-4-6-13(7-5-10,11(16)17)14-8-9-15/h10,14-15H,4-9H2,1-3H3,(H,16,17). The number of rotatable bonds is 4. The second-order valence-electron chi connectivity index (χ2n) is 6.18. The predicted molar refractivity (Wildman–Crippen MR) is 66.9 cm³/mol. The van der Waals surface area contributed by atoms with Crippen LogP contribution in [-0.4, -0.2) is 34.9 Å². The Bertz CT molecular complexity index is 262. The molecule has 0 saturated heterocycles. The predicted octanol–water partition coefficient (Wildman–Crippen LogP) is 1.63. The summed E-state index contributed by atoms with van der Waals surface area (Å²) in [4.78, 5) is 11.4. The lowest BCUT2D eigenvalue weighted by molar-refractivity contribution is -0.147. The number of β-amino-alcohol motifs (C(OH)–C–C–N with tert-alkyl or cyclic N) is 1. The zero-order valence-corrected chi connectivity index (χ0v) is 11.1. The van der Waals surface area contributed by atoms with E-state index in [9.17, 15) is 9.90 Å². The molecule has 1 aliphatic carbocycles. The third-order valence-electron chi connectivity index (χ3n) is 4.05. The molecule has 3 N–H and O–H groups in total. The van der Waals surface area contributed by atoms with Crippen LogP contribution in [0.5, 0.6) is 0 Å². The molecule has 1 saturated carbocycles. The molecule has 0 amide bonds. The van der Waals surface area contributed by atoms with Crippen LogP contribution in [0.15, 0.2) is 0 Å². The Morgan fingerprint density at radius 2 is 1.88 bits per heavy atom. The van der Waals surface area contributed by atoms with Crippen LogP contribution >= 0.6 is 0 Å². The van der Waals surface area contributed by atoms with Crippen molar-refractivity contribution in [3.05, 3.63) is 0 Å². The van der Waals surface area contributed by atoms with Gasteiger partial charge in [0.1, 0.15) is 5.54 Å². The van der Waals surface area contributed by atoms with Gasteiger partial charge < -0.3 is 10.2 Å². The number of carbonyl (C=O) groups is 1. The molecule has 17 heavy (non-hydrogen) atoms. The van der Waals surface area contributed by atoms with E-state index in [1.807, 2.05) is 0 Å². The zero-order valence-electron chi connectivity index (χ0n) is 11.1. The van der Waals surface area contributed by atoms with Gasteiger partial charge in [-0.3, -0.25) is 10.1 Å². The fourth-order valence-electron chi connectivity index (χ4n) is 2.74. The summed E-state index contributed by atoms with van der Waals surface area (Å²) in [5, 5.41) is 21.2. The first-order chi connectivity index (χ1) is 7.82. The van der Waals surface area contributed by atoms with Crippen molar-refractivity contribution in [3.8, 4) is 0 Å². The first kappa shape index (κ1) is 14.5. The van der Waals surface area contributed by atoms with E-state index >= 15 is 0 Å². The number of nitrogens with one attached hydrogen (secondary N) is 1. The van der Waals surface area contributed by atoms with E-state index in [4.69, 9.17) is 5.11 Å². The average Bonchev–Trinajstić information content (AvgIpc) is 2.25.